The lowest BCUT2D eigenvalue weighted by atomic mass is 10.2. The van der Waals surface area contributed by atoms with E-state index in [1.807, 2.05) is 0 Å². The second-order valence-corrected chi connectivity index (χ2v) is 3.53. The molecule has 1 nitrogen and oxygen atoms in total. The van der Waals surface area contributed by atoms with E-state index in [1.54, 1.807) is 19.2 Å². The Morgan fingerprint density at radius 1 is 1.58 bits per heavy atom. The van der Waals surface area contributed by atoms with Crippen molar-refractivity contribution in [3.8, 4) is 0 Å². The molecule has 0 aliphatic rings. The van der Waals surface area contributed by atoms with Crippen molar-refractivity contribution in [2.75, 3.05) is 7.05 Å². The van der Waals surface area contributed by atoms with Crippen LogP contribution in [0.25, 0.3) is 0 Å². The number of halogens is 2. The Hall–Kier alpha value is -0.480. The van der Waals surface area contributed by atoms with Gasteiger partial charge in [-0.15, -0.1) is 0 Å². The van der Waals surface area contributed by atoms with Crippen molar-refractivity contribution in [1.82, 2.24) is 5.32 Å². The molecule has 1 aromatic carbocycles. The lowest BCUT2D eigenvalue weighted by Crippen LogP contribution is -2.17. The molecule has 4 heteroatoms. The third kappa shape index (κ3) is 2.01. The smallest absolute Gasteiger partial charge is 0.134 e. The van der Waals surface area contributed by atoms with Gasteiger partial charge in [-0.1, -0.05) is 28.1 Å². The first-order chi connectivity index (χ1) is 5.65. The van der Waals surface area contributed by atoms with Gasteiger partial charge in [0.25, 0.3) is 0 Å². The zero-order valence-corrected chi connectivity index (χ0v) is 8.80. The van der Waals surface area contributed by atoms with E-state index in [4.69, 9.17) is 12.2 Å². The molecule has 0 aromatic heterocycles. The van der Waals surface area contributed by atoms with Crippen LogP contribution >= 0.6 is 28.1 Å². The van der Waals surface area contributed by atoms with Crippen LogP contribution in [0.15, 0.2) is 22.7 Å². The van der Waals surface area contributed by atoms with E-state index in [9.17, 15) is 4.39 Å². The maximum atomic E-state index is 13.1. The van der Waals surface area contributed by atoms with Crippen molar-refractivity contribution in [3.05, 3.63) is 34.1 Å². The zero-order valence-electron chi connectivity index (χ0n) is 6.40. The van der Waals surface area contributed by atoms with Crippen LogP contribution in [0, 0.1) is 5.82 Å². The topological polar surface area (TPSA) is 12.0 Å². The minimum Gasteiger partial charge on any atom is -0.379 e. The Bertz CT molecular complexity index is 314. The third-order valence-electron chi connectivity index (χ3n) is 1.40. The lowest BCUT2D eigenvalue weighted by molar-refractivity contribution is 0.624. The van der Waals surface area contributed by atoms with Crippen LogP contribution in [-0.4, -0.2) is 12.0 Å². The third-order valence-corrected chi connectivity index (χ3v) is 2.32. The fourth-order valence-electron chi connectivity index (χ4n) is 0.808. The maximum absolute atomic E-state index is 13.1. The molecule has 64 valence electrons. The summed E-state index contributed by atoms with van der Waals surface area (Å²) >= 11 is 8.05. The largest absolute Gasteiger partial charge is 0.379 e. The van der Waals surface area contributed by atoms with Gasteiger partial charge in [0.15, 0.2) is 0 Å². The summed E-state index contributed by atoms with van der Waals surface area (Å²) < 4.78 is 13.8. The monoisotopic (exact) mass is 247 g/mol. The summed E-state index contributed by atoms with van der Waals surface area (Å²) in [7, 11) is 1.67. The Kier molecular flexibility index (Phi) is 3.17. The quantitative estimate of drug-likeness (QED) is 0.766. The summed E-state index contributed by atoms with van der Waals surface area (Å²) in [5.41, 5.74) is 0.427. The van der Waals surface area contributed by atoms with Crippen molar-refractivity contribution in [2.45, 2.75) is 0 Å². The Morgan fingerprint density at radius 2 is 2.25 bits per heavy atom. The number of thiocarbonyl (C=S) groups is 1. The molecule has 0 atom stereocenters. The van der Waals surface area contributed by atoms with Gasteiger partial charge in [-0.25, -0.2) is 4.39 Å². The van der Waals surface area contributed by atoms with Gasteiger partial charge in [-0.2, -0.15) is 0 Å². The summed E-state index contributed by atoms with van der Waals surface area (Å²) in [6, 6.07) is 4.78. The fourth-order valence-corrected chi connectivity index (χ4v) is 1.31. The average molecular weight is 248 g/mol. The van der Waals surface area contributed by atoms with Crippen LogP contribution in [0.4, 0.5) is 4.39 Å². The van der Waals surface area contributed by atoms with Gasteiger partial charge in [0, 0.05) is 17.1 Å². The van der Waals surface area contributed by atoms with E-state index in [0.717, 1.165) is 0 Å². The molecule has 0 bridgehead atoms. The summed E-state index contributed by atoms with van der Waals surface area (Å²) in [4.78, 5) is 0.417. The molecular formula is C8H7BrFNS. The van der Waals surface area contributed by atoms with Crippen LogP contribution < -0.4 is 5.32 Å². The number of rotatable bonds is 1. The van der Waals surface area contributed by atoms with Crippen molar-refractivity contribution in [2.24, 2.45) is 0 Å². The molecule has 0 fully saturated rings. The predicted molar refractivity (Wildman–Crippen MR) is 54.9 cm³/mol. The highest BCUT2D eigenvalue weighted by Gasteiger charge is 2.05. The zero-order chi connectivity index (χ0) is 9.14. The first kappa shape index (κ1) is 9.61. The number of hydrogen-bond donors (Lipinski definition) is 1. The van der Waals surface area contributed by atoms with E-state index in [2.05, 4.69) is 21.2 Å². The van der Waals surface area contributed by atoms with Crippen LogP contribution in [-0.2, 0) is 0 Å². The Labute approximate surface area is 84.1 Å². The van der Waals surface area contributed by atoms with E-state index in [1.165, 1.54) is 6.07 Å². The van der Waals surface area contributed by atoms with Crippen molar-refractivity contribution in [1.29, 1.82) is 0 Å². The number of benzene rings is 1. The minimum absolute atomic E-state index is 0.316. The first-order valence-electron chi connectivity index (χ1n) is 3.32. The molecular weight excluding hydrogens is 241 g/mol. The number of nitrogens with one attached hydrogen (secondary N) is 1. The molecule has 0 radical (unpaired) electrons. The van der Waals surface area contributed by atoms with Crippen LogP contribution in [0.3, 0.4) is 0 Å². The van der Waals surface area contributed by atoms with Gasteiger partial charge in [-0.3, -0.25) is 0 Å². The molecule has 0 spiro atoms. The highest BCUT2D eigenvalue weighted by atomic mass is 79.9. The average Bonchev–Trinajstić information content (AvgIpc) is 2.03. The molecule has 0 saturated heterocycles. The number of hydrogen-bond acceptors (Lipinski definition) is 1. The van der Waals surface area contributed by atoms with Gasteiger partial charge in [0.05, 0.1) is 0 Å². The first-order valence-corrected chi connectivity index (χ1v) is 4.52. The molecule has 1 rings (SSSR count). The van der Waals surface area contributed by atoms with E-state index < -0.39 is 0 Å². The van der Waals surface area contributed by atoms with Crippen LogP contribution in [0.5, 0.6) is 0 Å². The molecule has 0 heterocycles. The standard InChI is InChI=1S/C8H7BrFNS/c1-11-8(12)6-3-2-5(9)4-7(6)10/h2-4H,1H3,(H,11,12). The SMILES string of the molecule is CNC(=S)c1ccc(Br)cc1F. The van der Waals surface area contributed by atoms with Crippen molar-refractivity contribution in [3.63, 3.8) is 0 Å². The highest BCUT2D eigenvalue weighted by Crippen LogP contribution is 2.15. The van der Waals surface area contributed by atoms with Gasteiger partial charge in [0.1, 0.15) is 10.8 Å². The van der Waals surface area contributed by atoms with Gasteiger partial charge < -0.3 is 5.32 Å². The normalized spacial score (nSPS) is 9.58. The van der Waals surface area contributed by atoms with Crippen molar-refractivity contribution >= 4 is 33.1 Å². The molecule has 0 saturated carbocycles. The lowest BCUT2D eigenvalue weighted by Gasteiger charge is -2.03. The van der Waals surface area contributed by atoms with E-state index in [0.29, 0.717) is 15.0 Å². The summed E-state index contributed by atoms with van der Waals surface area (Å²) in [6.45, 7) is 0. The van der Waals surface area contributed by atoms with Crippen LogP contribution in [0.2, 0.25) is 0 Å². The molecule has 0 amide bonds. The summed E-state index contributed by atoms with van der Waals surface area (Å²) in [6.07, 6.45) is 0. The molecule has 0 aliphatic heterocycles. The Balaban J connectivity index is 3.09. The van der Waals surface area contributed by atoms with Gasteiger partial charge >= 0.3 is 0 Å². The Morgan fingerprint density at radius 3 is 2.75 bits per heavy atom. The molecule has 0 aliphatic carbocycles. The van der Waals surface area contributed by atoms with Gasteiger partial charge in [-0.05, 0) is 18.2 Å². The molecule has 1 N–H and O–H groups in total. The van der Waals surface area contributed by atoms with Gasteiger partial charge in [0.2, 0.25) is 0 Å². The molecule has 12 heavy (non-hydrogen) atoms. The molecule has 1 aromatic rings. The van der Waals surface area contributed by atoms with E-state index in [-0.39, 0.29) is 5.82 Å². The summed E-state index contributed by atoms with van der Waals surface area (Å²) in [5.74, 6) is -0.316. The highest BCUT2D eigenvalue weighted by molar-refractivity contribution is 9.10. The second kappa shape index (κ2) is 3.96. The maximum Gasteiger partial charge on any atom is 0.134 e. The fraction of sp³-hybridized carbons (Fsp3) is 0.125. The van der Waals surface area contributed by atoms with Crippen molar-refractivity contribution < 1.29 is 4.39 Å². The van der Waals surface area contributed by atoms with Crippen LogP contribution in [0.1, 0.15) is 5.56 Å². The predicted octanol–water partition coefficient (Wildman–Crippen LogP) is 2.48. The summed E-state index contributed by atoms with van der Waals surface area (Å²) in [5, 5.41) is 2.72. The minimum atomic E-state index is -0.316. The molecule has 0 unspecified atom stereocenters. The van der Waals surface area contributed by atoms with E-state index >= 15 is 0 Å². The second-order valence-electron chi connectivity index (χ2n) is 2.20.